The van der Waals surface area contributed by atoms with Crippen LogP contribution >= 0.6 is 22.6 Å². The first-order valence-electron chi connectivity index (χ1n) is 6.37. The van der Waals surface area contributed by atoms with Crippen LogP contribution in [-0.2, 0) is 14.2 Å². The van der Waals surface area contributed by atoms with Gasteiger partial charge in [-0.1, -0.05) is 0 Å². The lowest BCUT2D eigenvalue weighted by atomic mass is 10.2. The van der Waals surface area contributed by atoms with Crippen LogP contribution in [0.2, 0.25) is 0 Å². The Bertz CT molecular complexity index is 294. The summed E-state index contributed by atoms with van der Waals surface area (Å²) >= 11 is 1.66. The van der Waals surface area contributed by atoms with Crippen molar-refractivity contribution in [3.63, 3.8) is 0 Å². The molecule has 0 aromatic heterocycles. The Hall–Kier alpha value is -0.610. The van der Waals surface area contributed by atoms with Crippen LogP contribution in [0.15, 0.2) is 0 Å². The van der Waals surface area contributed by atoms with Gasteiger partial charge in [0.15, 0.2) is 0 Å². The van der Waals surface area contributed by atoms with E-state index < -0.39 is 11.7 Å². The van der Waals surface area contributed by atoms with Gasteiger partial charge in [-0.15, -0.1) is 0 Å². The van der Waals surface area contributed by atoms with E-state index in [1.54, 1.807) is 43.4 Å². The molecule has 7 nitrogen and oxygen atoms in total. The Morgan fingerprint density at radius 2 is 1.45 bits per heavy atom. The molecule has 0 radical (unpaired) electrons. The lowest BCUT2D eigenvalue weighted by Crippen LogP contribution is -2.34. The molecule has 0 saturated heterocycles. The number of ether oxygens (including phenoxy) is 3. The van der Waals surface area contributed by atoms with Crippen LogP contribution < -0.4 is 10.6 Å². The van der Waals surface area contributed by atoms with Gasteiger partial charge < -0.3 is 24.8 Å². The molecule has 0 aliphatic heterocycles. The summed E-state index contributed by atoms with van der Waals surface area (Å²) in [6.45, 7) is 8.03. The van der Waals surface area contributed by atoms with E-state index in [0.29, 0.717) is 39.5 Å². The third-order valence-corrected chi connectivity index (χ3v) is 2.18. The maximum absolute atomic E-state index is 11.3. The molecule has 2 amide bonds. The van der Waals surface area contributed by atoms with E-state index in [2.05, 4.69) is 10.6 Å². The first kappa shape index (κ1) is 19.4. The summed E-state index contributed by atoms with van der Waals surface area (Å²) in [4.78, 5) is 21.8. The third kappa shape index (κ3) is 15.4. The average molecular weight is 402 g/mol. The molecule has 0 aromatic carbocycles. The molecule has 0 heterocycles. The average Bonchev–Trinajstić information content (AvgIpc) is 2.28. The molecule has 0 aliphatic rings. The number of amides is 2. The highest BCUT2D eigenvalue weighted by molar-refractivity contribution is 14.1. The molecule has 0 spiro atoms. The standard InChI is InChI=1S/C12H23IN2O5/c1-12(2,3)20-11(17)15-5-7-19-9-8-18-6-4-14-10(13)16/h4-9H2,1-3H3,(H,14,16)(H,15,17). The fourth-order valence-corrected chi connectivity index (χ4v) is 1.35. The number of hydrogen-bond donors (Lipinski definition) is 2. The van der Waals surface area contributed by atoms with Gasteiger partial charge in [-0.2, -0.15) is 0 Å². The van der Waals surface area contributed by atoms with Crippen LogP contribution in [0.25, 0.3) is 0 Å². The normalized spacial score (nSPS) is 11.0. The number of hydrogen-bond acceptors (Lipinski definition) is 5. The van der Waals surface area contributed by atoms with Gasteiger partial charge in [0.25, 0.3) is 3.91 Å². The second-order valence-corrected chi connectivity index (χ2v) is 5.83. The molecule has 0 aromatic rings. The van der Waals surface area contributed by atoms with Gasteiger partial charge in [0.1, 0.15) is 5.60 Å². The molecule has 0 bridgehead atoms. The van der Waals surface area contributed by atoms with Gasteiger partial charge in [0.05, 0.1) is 26.4 Å². The van der Waals surface area contributed by atoms with Crippen molar-refractivity contribution in [2.75, 3.05) is 39.5 Å². The molecule has 0 unspecified atom stereocenters. The van der Waals surface area contributed by atoms with Crippen LogP contribution in [0.3, 0.4) is 0 Å². The highest BCUT2D eigenvalue weighted by Gasteiger charge is 2.15. The van der Waals surface area contributed by atoms with E-state index in [4.69, 9.17) is 14.2 Å². The number of carbonyl (C=O) groups is 2. The summed E-state index contributed by atoms with van der Waals surface area (Å²) in [7, 11) is 0. The Labute approximate surface area is 133 Å². The second-order valence-electron chi connectivity index (χ2n) is 4.85. The molecule has 2 N–H and O–H groups in total. The number of alkyl carbamates (subject to hydrolysis) is 1. The summed E-state index contributed by atoms with van der Waals surface area (Å²) in [6, 6.07) is 0. The molecule has 8 heteroatoms. The highest BCUT2D eigenvalue weighted by atomic mass is 127. The topological polar surface area (TPSA) is 85.9 Å². The smallest absolute Gasteiger partial charge is 0.407 e. The fourth-order valence-electron chi connectivity index (χ4n) is 1.08. The Kier molecular flexibility index (Phi) is 10.8. The van der Waals surface area contributed by atoms with Crippen molar-refractivity contribution in [2.24, 2.45) is 0 Å². The second kappa shape index (κ2) is 11.1. The zero-order valence-electron chi connectivity index (χ0n) is 12.2. The van der Waals surface area contributed by atoms with E-state index in [9.17, 15) is 9.59 Å². The van der Waals surface area contributed by atoms with Crippen LogP contribution in [0.4, 0.5) is 9.59 Å². The lowest BCUT2D eigenvalue weighted by molar-refractivity contribution is 0.0406. The van der Waals surface area contributed by atoms with Crippen LogP contribution in [0.1, 0.15) is 20.8 Å². The minimum absolute atomic E-state index is 0.101. The highest BCUT2D eigenvalue weighted by Crippen LogP contribution is 2.05. The van der Waals surface area contributed by atoms with Crippen LogP contribution in [0, 0.1) is 0 Å². The predicted molar refractivity (Wildman–Crippen MR) is 83.3 cm³/mol. The van der Waals surface area contributed by atoms with Crippen molar-refractivity contribution in [1.82, 2.24) is 10.6 Å². The van der Waals surface area contributed by atoms with Crippen molar-refractivity contribution in [3.8, 4) is 0 Å². The Morgan fingerprint density at radius 1 is 0.950 bits per heavy atom. The van der Waals surface area contributed by atoms with Gasteiger partial charge in [-0.05, 0) is 20.8 Å². The molecule has 0 saturated carbocycles. The summed E-state index contributed by atoms with van der Waals surface area (Å²) in [5.41, 5.74) is -0.494. The maximum Gasteiger partial charge on any atom is 0.407 e. The van der Waals surface area contributed by atoms with Crippen molar-refractivity contribution in [3.05, 3.63) is 0 Å². The Balaban J connectivity index is 3.25. The van der Waals surface area contributed by atoms with E-state index in [-0.39, 0.29) is 3.91 Å². The minimum Gasteiger partial charge on any atom is -0.444 e. The lowest BCUT2D eigenvalue weighted by Gasteiger charge is -2.19. The van der Waals surface area contributed by atoms with Crippen molar-refractivity contribution < 1.29 is 23.8 Å². The van der Waals surface area contributed by atoms with E-state index in [1.165, 1.54) is 0 Å². The molecule has 0 aliphatic carbocycles. The number of rotatable bonds is 9. The summed E-state index contributed by atoms with van der Waals surface area (Å²) in [6.07, 6.45) is -0.452. The number of nitrogens with one attached hydrogen (secondary N) is 2. The molecule has 0 rings (SSSR count). The van der Waals surface area contributed by atoms with Gasteiger partial charge in [-0.25, -0.2) is 4.79 Å². The van der Waals surface area contributed by atoms with E-state index in [0.717, 1.165) is 0 Å². The molecular formula is C12H23IN2O5. The summed E-state index contributed by atoms with van der Waals surface area (Å²) in [5, 5.41) is 5.20. The summed E-state index contributed by atoms with van der Waals surface area (Å²) in [5.74, 6) is 0. The van der Waals surface area contributed by atoms with Crippen LogP contribution in [0.5, 0.6) is 0 Å². The third-order valence-electron chi connectivity index (χ3n) is 1.80. The van der Waals surface area contributed by atoms with Crippen molar-refractivity contribution in [2.45, 2.75) is 26.4 Å². The van der Waals surface area contributed by atoms with Gasteiger partial charge in [-0.3, -0.25) is 4.79 Å². The SMILES string of the molecule is CC(C)(C)OC(=O)NCCOCCOCCNC(=O)I. The first-order chi connectivity index (χ1) is 9.31. The largest absolute Gasteiger partial charge is 0.444 e. The van der Waals surface area contributed by atoms with Crippen molar-refractivity contribution >= 4 is 32.6 Å². The molecule has 118 valence electrons. The van der Waals surface area contributed by atoms with E-state index in [1.807, 2.05) is 0 Å². The molecule has 20 heavy (non-hydrogen) atoms. The van der Waals surface area contributed by atoms with E-state index >= 15 is 0 Å². The zero-order chi connectivity index (χ0) is 15.4. The monoisotopic (exact) mass is 402 g/mol. The fraction of sp³-hybridized carbons (Fsp3) is 0.833. The minimum atomic E-state index is -0.494. The number of carbonyl (C=O) groups excluding carboxylic acids is 2. The zero-order valence-corrected chi connectivity index (χ0v) is 14.3. The van der Waals surface area contributed by atoms with Crippen molar-refractivity contribution in [1.29, 1.82) is 0 Å². The molecule has 0 fully saturated rings. The Morgan fingerprint density at radius 3 is 1.90 bits per heavy atom. The molecular weight excluding hydrogens is 379 g/mol. The maximum atomic E-state index is 11.3. The van der Waals surface area contributed by atoms with Gasteiger partial charge in [0, 0.05) is 35.7 Å². The quantitative estimate of drug-likeness (QED) is 0.265. The number of halogens is 1. The predicted octanol–water partition coefficient (Wildman–Crippen LogP) is 1.69. The van der Waals surface area contributed by atoms with Gasteiger partial charge >= 0.3 is 6.09 Å². The van der Waals surface area contributed by atoms with Gasteiger partial charge in [0.2, 0.25) is 0 Å². The molecule has 0 atom stereocenters. The first-order valence-corrected chi connectivity index (χ1v) is 7.45. The summed E-state index contributed by atoms with van der Waals surface area (Å²) < 4.78 is 15.4. The van der Waals surface area contributed by atoms with Crippen LogP contribution in [-0.4, -0.2) is 55.1 Å².